The fourth-order valence-electron chi connectivity index (χ4n) is 2.41. The molecule has 2 N–H and O–H groups in total. The third-order valence-corrected chi connectivity index (χ3v) is 3.96. The molecule has 5 nitrogen and oxygen atoms in total. The van der Waals surface area contributed by atoms with E-state index in [1.165, 1.54) is 11.1 Å². The molecule has 6 heteroatoms. The lowest BCUT2D eigenvalue weighted by atomic mass is 9.89. The van der Waals surface area contributed by atoms with Gasteiger partial charge >= 0.3 is 0 Å². The van der Waals surface area contributed by atoms with Crippen molar-refractivity contribution < 1.29 is 9.47 Å². The molecule has 144 valence electrons. The second-order valence-electron chi connectivity index (χ2n) is 6.80. The van der Waals surface area contributed by atoms with Crippen LogP contribution in [0, 0.1) is 5.41 Å². The highest BCUT2D eigenvalue weighted by atomic mass is 127. The second kappa shape index (κ2) is 12.5. The first-order valence-electron chi connectivity index (χ1n) is 8.54. The molecule has 0 amide bonds. The first-order chi connectivity index (χ1) is 11.4. The summed E-state index contributed by atoms with van der Waals surface area (Å²) in [5.41, 5.74) is 2.49. The summed E-state index contributed by atoms with van der Waals surface area (Å²) in [5, 5.41) is 6.70. The average molecular weight is 463 g/mol. The Balaban J connectivity index is 0.00000576. The second-order valence-corrected chi connectivity index (χ2v) is 6.80. The lowest BCUT2D eigenvalue weighted by Crippen LogP contribution is -2.45. The van der Waals surface area contributed by atoms with E-state index in [0.717, 1.165) is 12.6 Å². The van der Waals surface area contributed by atoms with Crippen LogP contribution < -0.4 is 10.6 Å². The quantitative estimate of drug-likeness (QED) is 0.352. The summed E-state index contributed by atoms with van der Waals surface area (Å²) in [7, 11) is 3.53. The molecule has 0 aromatic heterocycles. The molecule has 0 aliphatic rings. The Hall–Kier alpha value is -0.860. The highest BCUT2D eigenvalue weighted by molar-refractivity contribution is 14.0. The van der Waals surface area contributed by atoms with E-state index in [1.807, 2.05) is 19.1 Å². The maximum atomic E-state index is 5.57. The van der Waals surface area contributed by atoms with Crippen LogP contribution in [0.4, 0.5) is 0 Å². The van der Waals surface area contributed by atoms with Gasteiger partial charge in [-0.3, -0.25) is 4.99 Å². The van der Waals surface area contributed by atoms with Gasteiger partial charge in [-0.25, -0.2) is 0 Å². The molecule has 0 fully saturated rings. The molecule has 0 heterocycles. The number of ether oxygens (including phenoxy) is 2. The zero-order chi connectivity index (χ0) is 18.0. The van der Waals surface area contributed by atoms with Crippen molar-refractivity contribution in [3.05, 3.63) is 35.4 Å². The molecule has 0 spiro atoms. The average Bonchev–Trinajstić information content (AvgIpc) is 2.55. The molecule has 0 radical (unpaired) electrons. The molecular formula is C19H34IN3O2. The number of hydrogen-bond donors (Lipinski definition) is 2. The molecule has 0 saturated carbocycles. The predicted octanol–water partition coefficient (Wildman–Crippen LogP) is 3.57. The van der Waals surface area contributed by atoms with Crippen molar-refractivity contribution in [1.29, 1.82) is 0 Å². The Morgan fingerprint density at radius 2 is 1.80 bits per heavy atom. The van der Waals surface area contributed by atoms with Gasteiger partial charge in [0.05, 0.1) is 12.7 Å². The van der Waals surface area contributed by atoms with E-state index in [4.69, 9.17) is 9.47 Å². The number of aliphatic imine (C=N–C) groups is 1. The zero-order valence-corrected chi connectivity index (χ0v) is 18.7. The van der Waals surface area contributed by atoms with Gasteiger partial charge in [-0.15, -0.1) is 24.0 Å². The zero-order valence-electron chi connectivity index (χ0n) is 16.4. The molecule has 1 aromatic carbocycles. The van der Waals surface area contributed by atoms with Gasteiger partial charge in [0.2, 0.25) is 0 Å². The monoisotopic (exact) mass is 463 g/mol. The predicted molar refractivity (Wildman–Crippen MR) is 116 cm³/mol. The van der Waals surface area contributed by atoms with Gasteiger partial charge in [0.1, 0.15) is 0 Å². The summed E-state index contributed by atoms with van der Waals surface area (Å²) in [6, 6.07) is 8.30. The number of methoxy groups -OCH3 is 1. The highest BCUT2D eigenvalue weighted by Gasteiger charge is 2.24. The van der Waals surface area contributed by atoms with E-state index < -0.39 is 0 Å². The molecule has 1 atom stereocenters. The number of nitrogens with one attached hydrogen (secondary N) is 2. The van der Waals surface area contributed by atoms with Crippen molar-refractivity contribution in [2.24, 2.45) is 10.4 Å². The van der Waals surface area contributed by atoms with Gasteiger partial charge in [-0.05, 0) is 23.5 Å². The van der Waals surface area contributed by atoms with E-state index in [1.54, 1.807) is 14.2 Å². The summed E-state index contributed by atoms with van der Waals surface area (Å²) in [4.78, 5) is 4.29. The van der Waals surface area contributed by atoms with E-state index >= 15 is 0 Å². The molecule has 0 aliphatic heterocycles. The summed E-state index contributed by atoms with van der Waals surface area (Å²) in [5.74, 6) is 0.771. The molecular weight excluding hydrogens is 429 g/mol. The van der Waals surface area contributed by atoms with Crippen LogP contribution in [0.3, 0.4) is 0 Å². The first-order valence-corrected chi connectivity index (χ1v) is 8.54. The van der Waals surface area contributed by atoms with Crippen LogP contribution in [0.25, 0.3) is 0 Å². The van der Waals surface area contributed by atoms with Crippen molar-refractivity contribution in [3.63, 3.8) is 0 Å². The first kappa shape index (κ1) is 24.1. The van der Waals surface area contributed by atoms with E-state index in [-0.39, 0.29) is 35.5 Å². The van der Waals surface area contributed by atoms with E-state index in [2.05, 4.69) is 48.5 Å². The van der Waals surface area contributed by atoms with Crippen molar-refractivity contribution in [2.75, 3.05) is 27.3 Å². The van der Waals surface area contributed by atoms with Crippen molar-refractivity contribution in [2.45, 2.75) is 47.0 Å². The summed E-state index contributed by atoms with van der Waals surface area (Å²) in [6.45, 7) is 11.3. The van der Waals surface area contributed by atoms with Gasteiger partial charge in [0.15, 0.2) is 5.96 Å². The molecule has 1 aromatic rings. The molecule has 0 saturated heterocycles. The maximum Gasteiger partial charge on any atom is 0.191 e. The number of halogens is 1. The van der Waals surface area contributed by atoms with Crippen LogP contribution in [0.15, 0.2) is 29.3 Å². The summed E-state index contributed by atoms with van der Waals surface area (Å²) in [6.07, 6.45) is 0.112. The SMILES string of the molecule is CCOCc1ccccc1CNC(=NC)NCC(OC)C(C)(C)C.I. The largest absolute Gasteiger partial charge is 0.379 e. The minimum absolute atomic E-state index is 0. The Labute approximate surface area is 170 Å². The van der Waals surface area contributed by atoms with Crippen LogP contribution in [0.1, 0.15) is 38.8 Å². The number of benzene rings is 1. The van der Waals surface area contributed by atoms with Crippen LogP contribution >= 0.6 is 24.0 Å². The van der Waals surface area contributed by atoms with Crippen molar-refractivity contribution in [1.82, 2.24) is 10.6 Å². The van der Waals surface area contributed by atoms with Crippen molar-refractivity contribution >= 4 is 29.9 Å². The lowest BCUT2D eigenvalue weighted by Gasteiger charge is -2.30. The lowest BCUT2D eigenvalue weighted by molar-refractivity contribution is 0.0205. The molecule has 0 bridgehead atoms. The highest BCUT2D eigenvalue weighted by Crippen LogP contribution is 2.20. The third kappa shape index (κ3) is 8.87. The van der Waals surface area contributed by atoms with E-state index in [0.29, 0.717) is 19.7 Å². The molecule has 25 heavy (non-hydrogen) atoms. The Morgan fingerprint density at radius 1 is 1.16 bits per heavy atom. The van der Waals surface area contributed by atoms with Crippen LogP contribution in [0.2, 0.25) is 0 Å². The Bertz CT molecular complexity index is 516. The number of guanidine groups is 1. The number of nitrogens with zero attached hydrogens (tertiary/aromatic N) is 1. The van der Waals surface area contributed by atoms with Gasteiger partial charge in [-0.1, -0.05) is 45.0 Å². The molecule has 0 aliphatic carbocycles. The minimum Gasteiger partial charge on any atom is -0.379 e. The normalized spacial score (nSPS) is 13.1. The smallest absolute Gasteiger partial charge is 0.191 e. The van der Waals surface area contributed by atoms with E-state index in [9.17, 15) is 0 Å². The maximum absolute atomic E-state index is 5.57. The third-order valence-electron chi connectivity index (χ3n) is 3.96. The summed E-state index contributed by atoms with van der Waals surface area (Å²) < 4.78 is 11.1. The summed E-state index contributed by atoms with van der Waals surface area (Å²) >= 11 is 0. The van der Waals surface area contributed by atoms with Crippen molar-refractivity contribution in [3.8, 4) is 0 Å². The fourth-order valence-corrected chi connectivity index (χ4v) is 2.41. The minimum atomic E-state index is 0. The van der Waals surface area contributed by atoms with Crippen LogP contribution in [0.5, 0.6) is 0 Å². The topological polar surface area (TPSA) is 54.9 Å². The van der Waals surface area contributed by atoms with Gasteiger partial charge in [0.25, 0.3) is 0 Å². The fraction of sp³-hybridized carbons (Fsp3) is 0.632. The molecule has 1 unspecified atom stereocenters. The molecule has 1 rings (SSSR count). The van der Waals surface area contributed by atoms with Gasteiger partial charge < -0.3 is 20.1 Å². The van der Waals surface area contributed by atoms with Crippen LogP contribution in [-0.2, 0) is 22.6 Å². The Morgan fingerprint density at radius 3 is 2.32 bits per heavy atom. The Kier molecular flexibility index (Phi) is 12.1. The van der Waals surface area contributed by atoms with Crippen LogP contribution in [-0.4, -0.2) is 39.4 Å². The van der Waals surface area contributed by atoms with Gasteiger partial charge in [0, 0.05) is 33.9 Å². The standard InChI is InChI=1S/C19H33N3O2.HI/c1-7-24-14-16-11-9-8-10-15(16)12-21-18(20-5)22-13-17(23-6)19(2,3)4;/h8-11,17H,7,12-14H2,1-6H3,(H2,20,21,22);1H. The van der Waals surface area contributed by atoms with Gasteiger partial charge in [-0.2, -0.15) is 0 Å². The number of hydrogen-bond acceptors (Lipinski definition) is 3. The number of rotatable bonds is 8.